The maximum absolute atomic E-state index is 12.1. The number of nitrogens with zero attached hydrogens (tertiary/aromatic N) is 2. The summed E-state index contributed by atoms with van der Waals surface area (Å²) in [5.41, 5.74) is 1.62. The predicted molar refractivity (Wildman–Crippen MR) is 95.0 cm³/mol. The Kier molecular flexibility index (Phi) is 6.10. The second kappa shape index (κ2) is 8.07. The van der Waals surface area contributed by atoms with E-state index in [4.69, 9.17) is 9.84 Å². The summed E-state index contributed by atoms with van der Waals surface area (Å²) >= 11 is 0. The van der Waals surface area contributed by atoms with Gasteiger partial charge in [0.05, 0.1) is 6.61 Å². The number of aliphatic hydroxyl groups is 1. The molecule has 5 heteroatoms. The Morgan fingerprint density at radius 2 is 1.79 bits per heavy atom. The number of carbonyl (C=O) groups is 1. The number of aliphatic hydroxyl groups excluding tert-OH is 1. The number of benzene rings is 1. The van der Waals surface area contributed by atoms with Gasteiger partial charge in [-0.25, -0.2) is 4.79 Å². The lowest BCUT2D eigenvalue weighted by Gasteiger charge is -2.36. The van der Waals surface area contributed by atoms with Crippen molar-refractivity contribution in [3.8, 4) is 11.8 Å². The van der Waals surface area contributed by atoms with Crippen LogP contribution in [0.5, 0.6) is 0 Å². The van der Waals surface area contributed by atoms with Crippen LogP contribution in [0, 0.1) is 11.8 Å². The molecule has 0 radical (unpaired) electrons. The van der Waals surface area contributed by atoms with Crippen molar-refractivity contribution >= 4 is 11.8 Å². The van der Waals surface area contributed by atoms with Gasteiger partial charge in [-0.3, -0.25) is 0 Å². The number of carbonyl (C=O) groups excluding carboxylic acids is 1. The SMILES string of the molecule is CC(C)(C)OC(=O)N1CCN(c2ccc(C#CCCO)cc2)CC1. The molecule has 1 aromatic carbocycles. The maximum Gasteiger partial charge on any atom is 0.410 e. The topological polar surface area (TPSA) is 53.0 Å². The zero-order valence-corrected chi connectivity index (χ0v) is 14.7. The van der Waals surface area contributed by atoms with E-state index < -0.39 is 5.60 Å². The average Bonchev–Trinajstić information content (AvgIpc) is 2.54. The Balaban J connectivity index is 1.88. The van der Waals surface area contributed by atoms with E-state index in [9.17, 15) is 4.79 Å². The van der Waals surface area contributed by atoms with Gasteiger partial charge in [-0.2, -0.15) is 0 Å². The van der Waals surface area contributed by atoms with Crippen molar-refractivity contribution in [1.29, 1.82) is 0 Å². The van der Waals surface area contributed by atoms with Crippen LogP contribution >= 0.6 is 0 Å². The molecule has 0 aromatic heterocycles. The van der Waals surface area contributed by atoms with Gasteiger partial charge in [0.1, 0.15) is 5.60 Å². The molecule has 24 heavy (non-hydrogen) atoms. The summed E-state index contributed by atoms with van der Waals surface area (Å²) in [4.78, 5) is 16.1. The highest BCUT2D eigenvalue weighted by Crippen LogP contribution is 2.18. The summed E-state index contributed by atoms with van der Waals surface area (Å²) in [6.45, 7) is 8.63. The number of amides is 1. The van der Waals surface area contributed by atoms with Crippen molar-refractivity contribution < 1.29 is 14.6 Å². The number of rotatable bonds is 2. The standard InChI is InChI=1S/C19H26N2O3/c1-19(2,3)24-18(23)21-13-11-20(12-14-21)17-9-7-16(8-10-17)6-4-5-15-22/h7-10,22H,5,11-15H2,1-3H3. The number of anilines is 1. The minimum Gasteiger partial charge on any atom is -0.444 e. The van der Waals surface area contributed by atoms with E-state index in [2.05, 4.69) is 16.7 Å². The molecule has 0 atom stereocenters. The van der Waals surface area contributed by atoms with Crippen LogP contribution in [-0.2, 0) is 4.74 Å². The number of piperazine rings is 1. The number of hydrogen-bond donors (Lipinski definition) is 1. The molecular formula is C19H26N2O3. The van der Waals surface area contributed by atoms with Crippen molar-refractivity contribution in [1.82, 2.24) is 4.90 Å². The smallest absolute Gasteiger partial charge is 0.410 e. The van der Waals surface area contributed by atoms with E-state index in [1.54, 1.807) is 4.90 Å². The van der Waals surface area contributed by atoms with Gasteiger partial charge in [-0.15, -0.1) is 0 Å². The van der Waals surface area contributed by atoms with E-state index in [1.165, 1.54) is 0 Å². The molecule has 0 saturated carbocycles. The Bertz CT molecular complexity index is 600. The van der Waals surface area contributed by atoms with Gasteiger partial charge in [0.2, 0.25) is 0 Å². The molecule has 0 aliphatic carbocycles. The molecule has 2 rings (SSSR count). The monoisotopic (exact) mass is 330 g/mol. The first kappa shape index (κ1) is 18.2. The van der Waals surface area contributed by atoms with Crippen molar-refractivity contribution in [2.45, 2.75) is 32.8 Å². The van der Waals surface area contributed by atoms with Crippen LogP contribution in [0.25, 0.3) is 0 Å². The van der Waals surface area contributed by atoms with Crippen LogP contribution in [0.4, 0.5) is 10.5 Å². The molecule has 130 valence electrons. The third-order valence-electron chi connectivity index (χ3n) is 3.63. The zero-order chi connectivity index (χ0) is 17.6. The summed E-state index contributed by atoms with van der Waals surface area (Å²) in [5, 5.41) is 8.74. The minimum absolute atomic E-state index is 0.0903. The largest absolute Gasteiger partial charge is 0.444 e. The summed E-state index contributed by atoms with van der Waals surface area (Å²) in [7, 11) is 0. The van der Waals surface area contributed by atoms with E-state index >= 15 is 0 Å². The van der Waals surface area contributed by atoms with Crippen LogP contribution in [0.15, 0.2) is 24.3 Å². The lowest BCUT2D eigenvalue weighted by Crippen LogP contribution is -2.50. The van der Waals surface area contributed by atoms with Crippen molar-refractivity contribution in [3.05, 3.63) is 29.8 Å². The first-order valence-corrected chi connectivity index (χ1v) is 8.32. The van der Waals surface area contributed by atoms with E-state index in [0.717, 1.165) is 24.3 Å². The van der Waals surface area contributed by atoms with Gasteiger partial charge < -0.3 is 19.6 Å². The summed E-state index contributed by atoms with van der Waals surface area (Å²) in [6.07, 6.45) is 0.255. The third kappa shape index (κ3) is 5.47. The summed E-state index contributed by atoms with van der Waals surface area (Å²) in [5.74, 6) is 5.94. The molecule has 0 unspecified atom stereocenters. The Morgan fingerprint density at radius 3 is 2.33 bits per heavy atom. The molecular weight excluding hydrogens is 304 g/mol. The van der Waals surface area contributed by atoms with Crippen LogP contribution in [0.2, 0.25) is 0 Å². The Labute approximate surface area is 144 Å². The van der Waals surface area contributed by atoms with E-state index in [0.29, 0.717) is 19.5 Å². The predicted octanol–water partition coefficient (Wildman–Crippen LogP) is 2.48. The molecule has 1 saturated heterocycles. The van der Waals surface area contributed by atoms with Gasteiger partial charge in [-0.05, 0) is 45.0 Å². The molecule has 1 amide bonds. The molecule has 1 aliphatic rings. The third-order valence-corrected chi connectivity index (χ3v) is 3.63. The fourth-order valence-corrected chi connectivity index (χ4v) is 2.45. The van der Waals surface area contributed by atoms with Crippen LogP contribution in [0.3, 0.4) is 0 Å². The maximum atomic E-state index is 12.1. The molecule has 1 heterocycles. The minimum atomic E-state index is -0.457. The normalized spacial score (nSPS) is 14.8. The van der Waals surface area contributed by atoms with Crippen molar-refractivity contribution in [2.75, 3.05) is 37.7 Å². The zero-order valence-electron chi connectivity index (χ0n) is 14.7. The quantitative estimate of drug-likeness (QED) is 0.847. The number of hydrogen-bond acceptors (Lipinski definition) is 4. The second-order valence-corrected chi connectivity index (χ2v) is 6.78. The van der Waals surface area contributed by atoms with Crippen LogP contribution < -0.4 is 4.90 Å². The van der Waals surface area contributed by atoms with E-state index in [-0.39, 0.29) is 12.7 Å². The highest BCUT2D eigenvalue weighted by molar-refractivity contribution is 5.68. The van der Waals surface area contributed by atoms with E-state index in [1.807, 2.05) is 45.0 Å². The Morgan fingerprint density at radius 1 is 1.17 bits per heavy atom. The van der Waals surface area contributed by atoms with Gasteiger partial charge in [0.25, 0.3) is 0 Å². The molecule has 1 fully saturated rings. The lowest BCUT2D eigenvalue weighted by molar-refractivity contribution is 0.0240. The lowest BCUT2D eigenvalue weighted by atomic mass is 10.2. The van der Waals surface area contributed by atoms with Gasteiger partial charge in [0, 0.05) is 43.9 Å². The highest BCUT2D eigenvalue weighted by Gasteiger charge is 2.25. The molecule has 1 aromatic rings. The van der Waals surface area contributed by atoms with Gasteiger partial charge >= 0.3 is 6.09 Å². The summed E-state index contributed by atoms with van der Waals surface area (Å²) in [6, 6.07) is 8.07. The Hall–Kier alpha value is -2.19. The molecule has 1 N–H and O–H groups in total. The summed E-state index contributed by atoms with van der Waals surface area (Å²) < 4.78 is 5.42. The average molecular weight is 330 g/mol. The second-order valence-electron chi connectivity index (χ2n) is 6.78. The molecule has 0 spiro atoms. The van der Waals surface area contributed by atoms with Gasteiger partial charge in [0.15, 0.2) is 0 Å². The molecule has 1 aliphatic heterocycles. The van der Waals surface area contributed by atoms with Crippen LogP contribution in [0.1, 0.15) is 32.8 Å². The van der Waals surface area contributed by atoms with Crippen LogP contribution in [-0.4, -0.2) is 54.5 Å². The molecule has 0 bridgehead atoms. The van der Waals surface area contributed by atoms with Crippen molar-refractivity contribution in [3.63, 3.8) is 0 Å². The highest BCUT2D eigenvalue weighted by atomic mass is 16.6. The first-order valence-electron chi connectivity index (χ1n) is 8.32. The number of ether oxygens (including phenoxy) is 1. The fourth-order valence-electron chi connectivity index (χ4n) is 2.45. The molecule has 5 nitrogen and oxygen atoms in total. The first-order chi connectivity index (χ1) is 11.4. The van der Waals surface area contributed by atoms with Crippen molar-refractivity contribution in [2.24, 2.45) is 0 Å². The fraction of sp³-hybridized carbons (Fsp3) is 0.526. The van der Waals surface area contributed by atoms with Gasteiger partial charge in [-0.1, -0.05) is 11.8 Å².